The van der Waals surface area contributed by atoms with Crippen LogP contribution < -0.4 is 10.6 Å². The SMILES string of the molecule is Cn1cnc([C@@H]2CN(c3ccc(Br)cn3)C[C@H]2N)c1.O=C(O)C(F)(F)F. The first-order valence-electron chi connectivity index (χ1n) is 7.48. The fourth-order valence-corrected chi connectivity index (χ4v) is 2.74. The van der Waals surface area contributed by atoms with E-state index in [1.807, 2.05) is 42.5 Å². The third-order valence-corrected chi connectivity index (χ3v) is 4.22. The molecule has 2 atom stereocenters. The molecule has 1 saturated heterocycles. The van der Waals surface area contributed by atoms with Gasteiger partial charge >= 0.3 is 12.1 Å². The summed E-state index contributed by atoms with van der Waals surface area (Å²) < 4.78 is 34.7. The number of aryl methyl sites for hydroxylation is 1. The summed E-state index contributed by atoms with van der Waals surface area (Å²) in [5.41, 5.74) is 7.31. The first-order chi connectivity index (χ1) is 12.1. The molecule has 7 nitrogen and oxygen atoms in total. The number of halogens is 4. The summed E-state index contributed by atoms with van der Waals surface area (Å²) in [5, 5.41) is 7.12. The first-order valence-corrected chi connectivity index (χ1v) is 8.27. The van der Waals surface area contributed by atoms with E-state index in [2.05, 4.69) is 30.8 Å². The molecule has 2 aromatic heterocycles. The number of imidazole rings is 1. The zero-order chi connectivity index (χ0) is 19.5. The molecule has 0 aromatic carbocycles. The summed E-state index contributed by atoms with van der Waals surface area (Å²) in [6.07, 6.45) is 0.598. The molecule has 3 rings (SSSR count). The lowest BCUT2D eigenvalue weighted by molar-refractivity contribution is -0.192. The van der Waals surface area contributed by atoms with Gasteiger partial charge in [0.1, 0.15) is 5.82 Å². The number of nitrogens with two attached hydrogens (primary N) is 1. The molecule has 0 saturated carbocycles. The van der Waals surface area contributed by atoms with Gasteiger partial charge in [-0.1, -0.05) is 0 Å². The van der Waals surface area contributed by atoms with Crippen LogP contribution in [0.1, 0.15) is 11.6 Å². The van der Waals surface area contributed by atoms with Crippen molar-refractivity contribution in [3.63, 3.8) is 0 Å². The van der Waals surface area contributed by atoms with Gasteiger partial charge in [-0.3, -0.25) is 0 Å². The molecule has 3 N–H and O–H groups in total. The monoisotopic (exact) mass is 435 g/mol. The normalized spacial score (nSPS) is 19.8. The number of hydrogen-bond donors (Lipinski definition) is 2. The van der Waals surface area contributed by atoms with Crippen LogP contribution in [0.15, 0.2) is 35.3 Å². The maximum atomic E-state index is 10.6. The minimum atomic E-state index is -5.08. The Bertz CT molecular complexity index is 750. The van der Waals surface area contributed by atoms with Crippen LogP contribution >= 0.6 is 15.9 Å². The Kier molecular flexibility index (Phi) is 6.24. The number of hydrogen-bond acceptors (Lipinski definition) is 5. The second-order valence-corrected chi connectivity index (χ2v) is 6.69. The highest BCUT2D eigenvalue weighted by molar-refractivity contribution is 9.10. The molecule has 1 aliphatic rings. The van der Waals surface area contributed by atoms with Gasteiger partial charge in [-0.2, -0.15) is 13.2 Å². The Hall–Kier alpha value is -2.14. The van der Waals surface area contributed by atoms with E-state index in [1.165, 1.54) is 0 Å². The fourth-order valence-electron chi connectivity index (χ4n) is 2.51. The van der Waals surface area contributed by atoms with Gasteiger partial charge in [0.25, 0.3) is 0 Å². The highest BCUT2D eigenvalue weighted by Crippen LogP contribution is 2.28. The van der Waals surface area contributed by atoms with Gasteiger partial charge in [-0.25, -0.2) is 14.8 Å². The molecule has 0 aliphatic carbocycles. The lowest BCUT2D eigenvalue weighted by Crippen LogP contribution is -2.29. The number of nitrogens with zero attached hydrogens (tertiary/aromatic N) is 4. The van der Waals surface area contributed by atoms with Gasteiger partial charge in [0.2, 0.25) is 0 Å². The van der Waals surface area contributed by atoms with Crippen molar-refractivity contribution in [1.29, 1.82) is 0 Å². The predicted octanol–water partition coefficient (Wildman–Crippen LogP) is 2.14. The number of carboxylic acids is 1. The Morgan fingerprint density at radius 3 is 2.46 bits per heavy atom. The largest absolute Gasteiger partial charge is 0.490 e. The van der Waals surface area contributed by atoms with E-state index in [0.717, 1.165) is 29.1 Å². The fraction of sp³-hybridized carbons (Fsp3) is 0.400. The number of carboxylic acid groups (broad SMARTS) is 1. The van der Waals surface area contributed by atoms with Crippen LogP contribution in [0.5, 0.6) is 0 Å². The van der Waals surface area contributed by atoms with Crippen LogP contribution in [0.25, 0.3) is 0 Å². The minimum absolute atomic E-state index is 0.0975. The Morgan fingerprint density at radius 2 is 2.00 bits per heavy atom. The Morgan fingerprint density at radius 1 is 1.35 bits per heavy atom. The Balaban J connectivity index is 0.000000298. The van der Waals surface area contributed by atoms with Crippen molar-refractivity contribution in [3.05, 3.63) is 41.0 Å². The number of pyridine rings is 1. The van der Waals surface area contributed by atoms with Crippen molar-refractivity contribution in [3.8, 4) is 0 Å². The summed E-state index contributed by atoms with van der Waals surface area (Å²) in [4.78, 5) is 20.0. The van der Waals surface area contributed by atoms with Crippen LogP contribution in [0.3, 0.4) is 0 Å². The molecule has 0 amide bonds. The standard InChI is InChI=1S/C13H16BrN5.C2HF3O2/c1-18-7-12(17-8-18)10-5-19(6-11(10)15)13-3-2-9(14)4-16-13;3-2(4,5)1(6)7/h2-4,7-8,10-11H,5-6,15H2,1H3;(H,6,7)/t10-,11-;/m1./s1. The average molecular weight is 436 g/mol. The summed E-state index contributed by atoms with van der Waals surface area (Å²) in [6.45, 7) is 1.68. The summed E-state index contributed by atoms with van der Waals surface area (Å²) in [6, 6.07) is 4.11. The topological polar surface area (TPSA) is 97.3 Å². The number of rotatable bonds is 2. The van der Waals surface area contributed by atoms with Gasteiger partial charge in [0.15, 0.2) is 0 Å². The van der Waals surface area contributed by atoms with E-state index in [1.54, 1.807) is 0 Å². The third-order valence-electron chi connectivity index (χ3n) is 3.75. The molecule has 2 aromatic rings. The van der Waals surface area contributed by atoms with Gasteiger partial charge in [-0.05, 0) is 28.1 Å². The van der Waals surface area contributed by atoms with Gasteiger partial charge in [0.05, 0.1) is 12.0 Å². The molecule has 11 heteroatoms. The van der Waals surface area contributed by atoms with Crippen LogP contribution in [0.2, 0.25) is 0 Å². The first kappa shape index (κ1) is 20.2. The number of aliphatic carboxylic acids is 1. The lowest BCUT2D eigenvalue weighted by Gasteiger charge is -2.16. The van der Waals surface area contributed by atoms with Crippen LogP contribution in [0.4, 0.5) is 19.0 Å². The van der Waals surface area contributed by atoms with Gasteiger partial charge < -0.3 is 20.3 Å². The molecular weight excluding hydrogens is 419 g/mol. The highest BCUT2D eigenvalue weighted by atomic mass is 79.9. The maximum absolute atomic E-state index is 10.6. The lowest BCUT2D eigenvalue weighted by atomic mass is 10.0. The second-order valence-electron chi connectivity index (χ2n) is 5.78. The van der Waals surface area contributed by atoms with E-state index < -0.39 is 12.1 Å². The van der Waals surface area contributed by atoms with Crippen molar-refractivity contribution in [2.24, 2.45) is 12.8 Å². The van der Waals surface area contributed by atoms with Gasteiger partial charge in [-0.15, -0.1) is 0 Å². The van der Waals surface area contributed by atoms with Crippen molar-refractivity contribution >= 4 is 27.7 Å². The van der Waals surface area contributed by atoms with Crippen molar-refractivity contribution < 1.29 is 23.1 Å². The summed E-state index contributed by atoms with van der Waals surface area (Å²) >= 11 is 3.40. The Labute approximate surface area is 155 Å². The molecule has 1 fully saturated rings. The number of carbonyl (C=O) groups is 1. The van der Waals surface area contributed by atoms with E-state index >= 15 is 0 Å². The second kappa shape index (κ2) is 8.04. The highest BCUT2D eigenvalue weighted by Gasteiger charge is 2.38. The molecule has 0 radical (unpaired) electrons. The predicted molar refractivity (Wildman–Crippen MR) is 91.8 cm³/mol. The molecule has 0 unspecified atom stereocenters. The zero-order valence-electron chi connectivity index (χ0n) is 13.7. The van der Waals surface area contributed by atoms with Crippen LogP contribution in [0, 0.1) is 0 Å². The number of anilines is 1. The average Bonchev–Trinajstić information content (AvgIpc) is 3.13. The van der Waals surface area contributed by atoms with E-state index in [4.69, 9.17) is 15.6 Å². The summed E-state index contributed by atoms with van der Waals surface area (Å²) in [7, 11) is 1.98. The molecular formula is C15H17BrF3N5O2. The van der Waals surface area contributed by atoms with E-state index in [0.29, 0.717) is 0 Å². The zero-order valence-corrected chi connectivity index (χ0v) is 15.3. The summed E-state index contributed by atoms with van der Waals surface area (Å²) in [5.74, 6) is -1.52. The van der Waals surface area contributed by atoms with Crippen LogP contribution in [-0.4, -0.2) is 50.9 Å². The minimum Gasteiger partial charge on any atom is -0.475 e. The van der Waals surface area contributed by atoms with Crippen molar-refractivity contribution in [1.82, 2.24) is 14.5 Å². The van der Waals surface area contributed by atoms with Crippen molar-refractivity contribution in [2.75, 3.05) is 18.0 Å². The van der Waals surface area contributed by atoms with Gasteiger partial charge in [0, 0.05) is 49.0 Å². The molecule has 0 spiro atoms. The molecule has 26 heavy (non-hydrogen) atoms. The molecule has 3 heterocycles. The number of alkyl halides is 3. The maximum Gasteiger partial charge on any atom is 0.490 e. The quantitative estimate of drug-likeness (QED) is 0.749. The third kappa shape index (κ3) is 5.18. The number of aromatic nitrogens is 3. The molecule has 142 valence electrons. The molecule has 1 aliphatic heterocycles. The van der Waals surface area contributed by atoms with Crippen molar-refractivity contribution in [2.45, 2.75) is 18.1 Å². The molecule has 0 bridgehead atoms. The van der Waals surface area contributed by atoms with E-state index in [-0.39, 0.29) is 12.0 Å². The smallest absolute Gasteiger partial charge is 0.475 e. The van der Waals surface area contributed by atoms with Crippen LogP contribution in [-0.2, 0) is 11.8 Å². The van der Waals surface area contributed by atoms with E-state index in [9.17, 15) is 13.2 Å².